The molecular weight excluding hydrogens is 467 g/mol. The number of rotatable bonds is 6. The van der Waals surface area contributed by atoms with E-state index in [1.807, 2.05) is 4.90 Å². The highest BCUT2D eigenvalue weighted by atomic mass is 79.9. The second kappa shape index (κ2) is 9.62. The second-order valence-corrected chi connectivity index (χ2v) is 7.98. The van der Waals surface area contributed by atoms with Crippen molar-refractivity contribution in [2.45, 2.75) is 6.54 Å². The number of benzene rings is 2. The van der Waals surface area contributed by atoms with Crippen LogP contribution in [0, 0.1) is 15.9 Å². The average Bonchev–Trinajstić information content (AvgIpc) is 2.67. The summed E-state index contributed by atoms with van der Waals surface area (Å²) in [6.07, 6.45) is 0. The fourth-order valence-electron chi connectivity index (χ4n) is 3.12. The molecule has 1 saturated heterocycles. The first kappa shape index (κ1) is 21.6. The third kappa shape index (κ3) is 5.72. The first-order valence-electron chi connectivity index (χ1n) is 8.95. The second-order valence-electron chi connectivity index (χ2n) is 6.72. The van der Waals surface area contributed by atoms with Crippen LogP contribution in [0.3, 0.4) is 0 Å². The zero-order chi connectivity index (χ0) is 21.0. The molecule has 2 aromatic carbocycles. The van der Waals surface area contributed by atoms with Gasteiger partial charge in [0.25, 0.3) is 5.69 Å². The Bertz CT molecular complexity index is 902. The van der Waals surface area contributed by atoms with Crippen LogP contribution in [0.25, 0.3) is 0 Å². The molecule has 1 aliphatic rings. The molecule has 1 amide bonds. The minimum atomic E-state index is -0.496. The Balaban J connectivity index is 1.49. The summed E-state index contributed by atoms with van der Waals surface area (Å²) < 4.78 is 14.4. The Morgan fingerprint density at radius 3 is 2.52 bits per heavy atom. The molecule has 7 nitrogen and oxygen atoms in total. The molecule has 1 fully saturated rings. The van der Waals surface area contributed by atoms with Gasteiger partial charge < -0.3 is 5.32 Å². The molecule has 10 heteroatoms. The number of halogens is 3. The predicted octanol–water partition coefficient (Wildman–Crippen LogP) is 3.91. The highest BCUT2D eigenvalue weighted by molar-refractivity contribution is 9.10. The van der Waals surface area contributed by atoms with Gasteiger partial charge in [0, 0.05) is 59.9 Å². The van der Waals surface area contributed by atoms with E-state index in [2.05, 4.69) is 26.1 Å². The molecule has 0 aromatic heterocycles. The maximum atomic E-state index is 13.9. The van der Waals surface area contributed by atoms with Crippen molar-refractivity contribution in [2.75, 3.05) is 38.0 Å². The quantitative estimate of drug-likeness (QED) is 0.496. The maximum absolute atomic E-state index is 13.9. The van der Waals surface area contributed by atoms with E-state index in [1.54, 1.807) is 12.1 Å². The number of carbonyl (C=O) groups excluding carboxylic acids is 1. The molecular formula is C19H19BrClFN4O3. The number of nitrogens with zero attached hydrogens (tertiary/aromatic N) is 3. The van der Waals surface area contributed by atoms with E-state index in [4.69, 9.17) is 11.6 Å². The SMILES string of the molecule is O=C(CN1CCN(Cc2c(F)cccc2Cl)CC1)Nc1ccc([N+](=O)[O-])cc1Br. The summed E-state index contributed by atoms with van der Waals surface area (Å²) in [6, 6.07) is 8.85. The number of non-ortho nitro benzene ring substituents is 1. The van der Waals surface area contributed by atoms with Crippen LogP contribution in [0.1, 0.15) is 5.56 Å². The summed E-state index contributed by atoms with van der Waals surface area (Å²) in [5.41, 5.74) is 0.915. The van der Waals surface area contributed by atoms with Crippen molar-refractivity contribution in [3.8, 4) is 0 Å². The molecule has 0 spiro atoms. The summed E-state index contributed by atoms with van der Waals surface area (Å²) in [5.74, 6) is -0.516. The van der Waals surface area contributed by atoms with Crippen LogP contribution in [0.2, 0.25) is 5.02 Å². The van der Waals surface area contributed by atoms with Crippen LogP contribution >= 0.6 is 27.5 Å². The van der Waals surface area contributed by atoms with Gasteiger partial charge in [-0.1, -0.05) is 17.7 Å². The Labute approximate surface area is 180 Å². The molecule has 0 atom stereocenters. The van der Waals surface area contributed by atoms with Gasteiger partial charge in [0.05, 0.1) is 17.2 Å². The number of anilines is 1. The Morgan fingerprint density at radius 2 is 1.90 bits per heavy atom. The van der Waals surface area contributed by atoms with Crippen molar-refractivity contribution in [1.29, 1.82) is 0 Å². The molecule has 0 aliphatic carbocycles. The Hall–Kier alpha value is -2.07. The number of hydrogen-bond donors (Lipinski definition) is 1. The van der Waals surface area contributed by atoms with Gasteiger partial charge >= 0.3 is 0 Å². The lowest BCUT2D eigenvalue weighted by molar-refractivity contribution is -0.384. The molecule has 1 N–H and O–H groups in total. The monoisotopic (exact) mass is 484 g/mol. The van der Waals surface area contributed by atoms with Crippen LogP contribution in [0.5, 0.6) is 0 Å². The highest BCUT2D eigenvalue weighted by Crippen LogP contribution is 2.27. The fraction of sp³-hybridized carbons (Fsp3) is 0.316. The Kier molecular flexibility index (Phi) is 7.18. The van der Waals surface area contributed by atoms with Gasteiger partial charge in [0.1, 0.15) is 5.82 Å². The van der Waals surface area contributed by atoms with Gasteiger partial charge in [0.15, 0.2) is 0 Å². The van der Waals surface area contributed by atoms with Crippen molar-refractivity contribution < 1.29 is 14.1 Å². The number of piperazine rings is 1. The topological polar surface area (TPSA) is 78.7 Å². The summed E-state index contributed by atoms with van der Waals surface area (Å²) in [7, 11) is 0. The standard InChI is InChI=1S/C19H19BrClFN4O3/c20-15-10-13(26(28)29)4-5-18(15)23-19(27)12-25-8-6-24(7-9-25)11-14-16(21)2-1-3-17(14)22/h1-5,10H,6-9,11-12H2,(H,23,27). The van der Waals surface area contributed by atoms with Crippen LogP contribution < -0.4 is 5.32 Å². The van der Waals surface area contributed by atoms with E-state index in [9.17, 15) is 19.3 Å². The number of nitrogens with one attached hydrogen (secondary N) is 1. The molecule has 0 saturated carbocycles. The van der Waals surface area contributed by atoms with E-state index in [0.717, 1.165) is 0 Å². The zero-order valence-corrected chi connectivity index (χ0v) is 17.7. The van der Waals surface area contributed by atoms with Gasteiger partial charge in [-0.25, -0.2) is 4.39 Å². The minimum Gasteiger partial charge on any atom is -0.324 e. The van der Waals surface area contributed by atoms with E-state index in [0.29, 0.717) is 53.5 Å². The molecule has 2 aromatic rings. The van der Waals surface area contributed by atoms with Crippen molar-refractivity contribution in [3.05, 3.63) is 67.4 Å². The van der Waals surface area contributed by atoms with E-state index < -0.39 is 4.92 Å². The van der Waals surface area contributed by atoms with Crippen LogP contribution in [-0.2, 0) is 11.3 Å². The summed E-state index contributed by atoms with van der Waals surface area (Å²) >= 11 is 9.33. The van der Waals surface area contributed by atoms with Crippen molar-refractivity contribution in [3.63, 3.8) is 0 Å². The molecule has 29 heavy (non-hydrogen) atoms. The first-order valence-corrected chi connectivity index (χ1v) is 10.1. The van der Waals surface area contributed by atoms with E-state index >= 15 is 0 Å². The lowest BCUT2D eigenvalue weighted by Crippen LogP contribution is -2.48. The zero-order valence-electron chi connectivity index (χ0n) is 15.4. The Morgan fingerprint density at radius 1 is 1.21 bits per heavy atom. The number of nitro benzene ring substituents is 1. The van der Waals surface area contributed by atoms with Crippen LogP contribution in [-0.4, -0.2) is 53.4 Å². The molecule has 1 heterocycles. The van der Waals surface area contributed by atoms with E-state index in [1.165, 1.54) is 24.3 Å². The van der Waals surface area contributed by atoms with Gasteiger partial charge in [-0.2, -0.15) is 0 Å². The van der Waals surface area contributed by atoms with Crippen LogP contribution in [0.15, 0.2) is 40.9 Å². The smallest absolute Gasteiger partial charge is 0.270 e. The number of carbonyl (C=O) groups is 1. The van der Waals surface area contributed by atoms with Crippen molar-refractivity contribution in [1.82, 2.24) is 9.80 Å². The lowest BCUT2D eigenvalue weighted by atomic mass is 10.2. The third-order valence-corrected chi connectivity index (χ3v) is 5.72. The molecule has 0 bridgehead atoms. The summed E-state index contributed by atoms with van der Waals surface area (Å²) in [6.45, 7) is 3.36. The molecule has 1 aliphatic heterocycles. The predicted molar refractivity (Wildman–Crippen MR) is 113 cm³/mol. The van der Waals surface area contributed by atoms with E-state index in [-0.39, 0.29) is 24.0 Å². The van der Waals surface area contributed by atoms with Crippen molar-refractivity contribution >= 4 is 44.8 Å². The summed E-state index contributed by atoms with van der Waals surface area (Å²) in [5, 5.41) is 14.0. The molecule has 0 unspecified atom stereocenters. The van der Waals surface area contributed by atoms with Gasteiger partial charge in [-0.05, 0) is 34.1 Å². The normalized spacial score (nSPS) is 15.3. The minimum absolute atomic E-state index is 0.0547. The molecule has 3 rings (SSSR count). The van der Waals surface area contributed by atoms with Crippen molar-refractivity contribution in [2.24, 2.45) is 0 Å². The van der Waals surface area contributed by atoms with Gasteiger partial charge in [-0.15, -0.1) is 0 Å². The average molecular weight is 486 g/mol. The summed E-state index contributed by atoms with van der Waals surface area (Å²) in [4.78, 5) is 26.7. The first-order chi connectivity index (χ1) is 13.8. The van der Waals surface area contributed by atoms with Gasteiger partial charge in [-0.3, -0.25) is 24.7 Å². The largest absolute Gasteiger partial charge is 0.324 e. The lowest BCUT2D eigenvalue weighted by Gasteiger charge is -2.34. The number of amides is 1. The fourth-order valence-corrected chi connectivity index (χ4v) is 3.81. The maximum Gasteiger partial charge on any atom is 0.270 e. The third-order valence-electron chi connectivity index (χ3n) is 4.71. The number of hydrogen-bond acceptors (Lipinski definition) is 5. The molecule has 154 valence electrons. The highest BCUT2D eigenvalue weighted by Gasteiger charge is 2.21. The van der Waals surface area contributed by atoms with Crippen LogP contribution in [0.4, 0.5) is 15.8 Å². The molecule has 0 radical (unpaired) electrons. The van der Waals surface area contributed by atoms with Gasteiger partial charge in [0.2, 0.25) is 5.91 Å². The number of nitro groups is 1.